The quantitative estimate of drug-likeness (QED) is 0.274. The van der Waals surface area contributed by atoms with Crippen LogP contribution in [0.15, 0.2) is 34.5 Å². The van der Waals surface area contributed by atoms with Gasteiger partial charge in [0.05, 0.1) is 12.3 Å². The summed E-state index contributed by atoms with van der Waals surface area (Å²) in [6, 6.07) is 7.39. The van der Waals surface area contributed by atoms with E-state index in [1.165, 1.54) is 0 Å². The Balaban J connectivity index is 2.63. The van der Waals surface area contributed by atoms with Gasteiger partial charge in [0.1, 0.15) is 0 Å². The SMILES string of the molecule is CCOC(=O)C(Cl)N=Nc1cccc(I)c1. The second-order valence-electron chi connectivity index (χ2n) is 2.78. The fraction of sp³-hybridized carbons (Fsp3) is 0.300. The number of esters is 1. The van der Waals surface area contributed by atoms with Crippen molar-refractivity contribution >= 4 is 45.8 Å². The first-order chi connectivity index (χ1) is 7.63. The highest BCUT2D eigenvalue weighted by Gasteiger charge is 2.14. The van der Waals surface area contributed by atoms with Crippen LogP contribution in [-0.2, 0) is 9.53 Å². The number of rotatable bonds is 4. The van der Waals surface area contributed by atoms with Crippen LogP contribution in [-0.4, -0.2) is 18.1 Å². The topological polar surface area (TPSA) is 51.0 Å². The van der Waals surface area contributed by atoms with Crippen molar-refractivity contribution in [3.63, 3.8) is 0 Å². The molecule has 0 saturated heterocycles. The zero-order valence-electron chi connectivity index (χ0n) is 8.56. The number of hydrogen-bond donors (Lipinski definition) is 0. The molecule has 0 N–H and O–H groups in total. The molecule has 1 aromatic carbocycles. The van der Waals surface area contributed by atoms with E-state index < -0.39 is 11.5 Å². The van der Waals surface area contributed by atoms with Gasteiger partial charge < -0.3 is 4.74 Å². The lowest BCUT2D eigenvalue weighted by molar-refractivity contribution is -0.142. The van der Waals surface area contributed by atoms with Crippen molar-refractivity contribution in [2.75, 3.05) is 6.61 Å². The molecule has 0 aliphatic carbocycles. The van der Waals surface area contributed by atoms with Gasteiger partial charge in [-0.1, -0.05) is 17.7 Å². The number of nitrogens with zero attached hydrogens (tertiary/aromatic N) is 2. The summed E-state index contributed by atoms with van der Waals surface area (Å²) in [5, 5.41) is 7.52. The lowest BCUT2D eigenvalue weighted by Crippen LogP contribution is -2.14. The van der Waals surface area contributed by atoms with Crippen molar-refractivity contribution in [1.82, 2.24) is 0 Å². The van der Waals surface area contributed by atoms with Crippen molar-refractivity contribution in [2.45, 2.75) is 12.4 Å². The van der Waals surface area contributed by atoms with Crippen LogP contribution >= 0.6 is 34.2 Å². The molecular weight excluding hydrogens is 342 g/mol. The third-order valence-electron chi connectivity index (χ3n) is 1.56. The highest BCUT2D eigenvalue weighted by molar-refractivity contribution is 14.1. The average Bonchev–Trinajstić information content (AvgIpc) is 2.26. The maximum absolute atomic E-state index is 11.1. The van der Waals surface area contributed by atoms with E-state index in [4.69, 9.17) is 11.6 Å². The molecule has 0 bridgehead atoms. The minimum Gasteiger partial charge on any atom is -0.463 e. The molecule has 6 heteroatoms. The van der Waals surface area contributed by atoms with E-state index in [1.807, 2.05) is 18.2 Å². The summed E-state index contributed by atoms with van der Waals surface area (Å²) in [5.74, 6) is -0.585. The molecule has 0 aromatic heterocycles. The van der Waals surface area contributed by atoms with Crippen molar-refractivity contribution in [2.24, 2.45) is 10.2 Å². The van der Waals surface area contributed by atoms with Gasteiger partial charge in [-0.2, -0.15) is 10.2 Å². The standard InChI is InChI=1S/C10H10ClIN2O2/c1-2-16-10(15)9(11)14-13-8-5-3-4-7(12)6-8/h3-6,9H,2H2,1H3. The summed E-state index contributed by atoms with van der Waals surface area (Å²) in [5.41, 5.74) is -0.431. The molecule has 0 fully saturated rings. The zero-order valence-corrected chi connectivity index (χ0v) is 11.5. The molecule has 0 spiro atoms. The molecule has 0 radical (unpaired) electrons. The van der Waals surface area contributed by atoms with Crippen LogP contribution < -0.4 is 0 Å². The van der Waals surface area contributed by atoms with Crippen molar-refractivity contribution in [1.29, 1.82) is 0 Å². The minimum absolute atomic E-state index is 0.279. The Bertz CT molecular complexity index is 398. The summed E-state index contributed by atoms with van der Waals surface area (Å²) in [6.07, 6.45) is 0. The highest BCUT2D eigenvalue weighted by Crippen LogP contribution is 2.17. The molecule has 0 saturated carbocycles. The predicted octanol–water partition coefficient (Wildman–Crippen LogP) is 3.50. The first kappa shape index (κ1) is 13.4. The summed E-state index contributed by atoms with van der Waals surface area (Å²) in [6.45, 7) is 1.99. The fourth-order valence-corrected chi connectivity index (χ4v) is 1.55. The largest absolute Gasteiger partial charge is 0.463 e. The van der Waals surface area contributed by atoms with Crippen LogP contribution in [0.3, 0.4) is 0 Å². The Hall–Kier alpha value is -0.690. The molecule has 0 aliphatic heterocycles. The van der Waals surface area contributed by atoms with Crippen molar-refractivity contribution < 1.29 is 9.53 Å². The highest BCUT2D eigenvalue weighted by atomic mass is 127. The molecule has 0 aliphatic rings. The normalized spacial score (nSPS) is 12.7. The van der Waals surface area contributed by atoms with E-state index in [1.54, 1.807) is 13.0 Å². The van der Waals surface area contributed by atoms with Crippen LogP contribution in [0.1, 0.15) is 6.92 Å². The van der Waals surface area contributed by atoms with Gasteiger partial charge in [0, 0.05) is 3.57 Å². The number of ether oxygens (including phenoxy) is 1. The van der Waals surface area contributed by atoms with Gasteiger partial charge in [-0.15, -0.1) is 0 Å². The summed E-state index contributed by atoms with van der Waals surface area (Å²) in [4.78, 5) is 11.1. The second kappa shape index (κ2) is 6.80. The Kier molecular flexibility index (Phi) is 5.68. The van der Waals surface area contributed by atoms with Crippen LogP contribution in [0.2, 0.25) is 0 Å². The fourth-order valence-electron chi connectivity index (χ4n) is 0.914. The Morgan fingerprint density at radius 2 is 2.38 bits per heavy atom. The summed E-state index contributed by atoms with van der Waals surface area (Å²) < 4.78 is 5.73. The first-order valence-electron chi connectivity index (χ1n) is 4.60. The lowest BCUT2D eigenvalue weighted by atomic mass is 10.3. The van der Waals surface area contributed by atoms with E-state index in [2.05, 4.69) is 37.6 Å². The number of alkyl halides is 1. The number of azo groups is 1. The lowest BCUT2D eigenvalue weighted by Gasteiger charge is -2.02. The van der Waals surface area contributed by atoms with Crippen LogP contribution in [0.25, 0.3) is 0 Å². The van der Waals surface area contributed by atoms with E-state index in [0.717, 1.165) is 3.57 Å². The summed E-state index contributed by atoms with van der Waals surface area (Å²) in [7, 11) is 0. The first-order valence-corrected chi connectivity index (χ1v) is 6.12. The number of hydrogen-bond acceptors (Lipinski definition) is 4. The molecule has 1 aromatic rings. The van der Waals surface area contributed by atoms with Gasteiger partial charge in [0.15, 0.2) is 0 Å². The summed E-state index contributed by atoms with van der Waals surface area (Å²) >= 11 is 7.83. The maximum Gasteiger partial charge on any atom is 0.348 e. The smallest absolute Gasteiger partial charge is 0.348 e. The molecule has 0 heterocycles. The zero-order chi connectivity index (χ0) is 12.0. The number of benzene rings is 1. The molecule has 16 heavy (non-hydrogen) atoms. The van der Waals surface area contributed by atoms with E-state index in [-0.39, 0.29) is 6.61 Å². The number of carbonyl (C=O) groups excluding carboxylic acids is 1. The molecule has 1 atom stereocenters. The maximum atomic E-state index is 11.1. The Morgan fingerprint density at radius 1 is 1.62 bits per heavy atom. The Morgan fingerprint density at radius 3 is 3.00 bits per heavy atom. The number of carbonyl (C=O) groups is 1. The van der Waals surface area contributed by atoms with Crippen LogP contribution in [0.4, 0.5) is 5.69 Å². The molecule has 4 nitrogen and oxygen atoms in total. The molecule has 86 valence electrons. The van der Waals surface area contributed by atoms with Gasteiger partial charge in [-0.3, -0.25) is 0 Å². The predicted molar refractivity (Wildman–Crippen MR) is 69.9 cm³/mol. The minimum atomic E-state index is -1.09. The van der Waals surface area contributed by atoms with E-state index in [0.29, 0.717) is 5.69 Å². The second-order valence-corrected chi connectivity index (χ2v) is 4.44. The number of halogens is 2. The van der Waals surface area contributed by atoms with Crippen molar-refractivity contribution in [3.8, 4) is 0 Å². The molecule has 1 unspecified atom stereocenters. The van der Waals surface area contributed by atoms with Crippen molar-refractivity contribution in [3.05, 3.63) is 27.8 Å². The monoisotopic (exact) mass is 352 g/mol. The van der Waals surface area contributed by atoms with Gasteiger partial charge in [-0.05, 0) is 47.7 Å². The van der Waals surface area contributed by atoms with Gasteiger partial charge in [0.25, 0.3) is 0 Å². The molecular formula is C10H10ClIN2O2. The molecule has 1 rings (SSSR count). The van der Waals surface area contributed by atoms with Gasteiger partial charge in [0.2, 0.25) is 5.50 Å². The van der Waals surface area contributed by atoms with Gasteiger partial charge in [-0.25, -0.2) is 4.79 Å². The van der Waals surface area contributed by atoms with E-state index >= 15 is 0 Å². The van der Waals surface area contributed by atoms with Gasteiger partial charge >= 0.3 is 5.97 Å². The third-order valence-corrected chi connectivity index (χ3v) is 2.50. The average molecular weight is 353 g/mol. The van der Waals surface area contributed by atoms with Crippen LogP contribution in [0.5, 0.6) is 0 Å². The Labute approximate surface area is 112 Å². The molecule has 0 amide bonds. The van der Waals surface area contributed by atoms with Crippen LogP contribution in [0, 0.1) is 3.57 Å². The van der Waals surface area contributed by atoms with E-state index in [9.17, 15) is 4.79 Å². The third kappa shape index (κ3) is 4.44.